The summed E-state index contributed by atoms with van der Waals surface area (Å²) in [4.78, 5) is 75.6. The SMILES string of the molecule is COC(=O)N[C@H](C(=O)N1CCCC1c1nc(-c2ccc(-c3ccc(NC(=O)c4ccc(N5C[C@H](C)N(C(=O)[C@H]6CC6(C)C)C[C@H]5C)nc4)c(C)n3)cc2)c[nH]1)C(C)C. The highest BCUT2D eigenvalue weighted by molar-refractivity contribution is 6.04. The molecule has 7 rings (SSSR count). The molecule has 4 aromatic rings. The summed E-state index contributed by atoms with van der Waals surface area (Å²) in [6.07, 6.45) is 5.38. The van der Waals surface area contributed by atoms with Gasteiger partial charge in [0.1, 0.15) is 17.7 Å². The van der Waals surface area contributed by atoms with Crippen LogP contribution in [0.25, 0.3) is 22.5 Å². The zero-order valence-electron chi connectivity index (χ0n) is 34.7. The molecule has 3 aromatic heterocycles. The largest absolute Gasteiger partial charge is 0.453 e. The lowest BCUT2D eigenvalue weighted by atomic mass is 10.0. The summed E-state index contributed by atoms with van der Waals surface area (Å²) in [5, 5.41) is 5.68. The topological polar surface area (TPSA) is 166 Å². The molecule has 306 valence electrons. The van der Waals surface area contributed by atoms with Crippen molar-refractivity contribution in [1.82, 2.24) is 35.1 Å². The second kappa shape index (κ2) is 16.2. The van der Waals surface area contributed by atoms with Gasteiger partial charge in [-0.15, -0.1) is 0 Å². The Bertz CT molecular complexity index is 2170. The molecule has 0 spiro atoms. The number of piperazine rings is 1. The molecule has 5 heterocycles. The average Bonchev–Trinajstić information content (AvgIpc) is 3.56. The molecule has 5 atom stereocenters. The third-order valence-electron chi connectivity index (χ3n) is 12.0. The quantitative estimate of drug-likeness (QED) is 0.160. The van der Waals surface area contributed by atoms with E-state index < -0.39 is 12.1 Å². The second-order valence-corrected chi connectivity index (χ2v) is 17.1. The Morgan fingerprint density at radius 1 is 0.914 bits per heavy atom. The predicted octanol–water partition coefficient (Wildman–Crippen LogP) is 6.61. The van der Waals surface area contributed by atoms with Crippen molar-refractivity contribution in [2.24, 2.45) is 17.3 Å². The molecule has 3 N–H and O–H groups in total. The number of hydrogen-bond acceptors (Lipinski definition) is 9. The maximum atomic E-state index is 13.5. The van der Waals surface area contributed by atoms with Crippen molar-refractivity contribution in [3.8, 4) is 22.5 Å². The lowest BCUT2D eigenvalue weighted by Crippen LogP contribution is -2.59. The number of carbonyl (C=O) groups is 4. The van der Waals surface area contributed by atoms with Crippen LogP contribution in [0.1, 0.15) is 88.7 Å². The number of hydrogen-bond donors (Lipinski definition) is 3. The highest BCUT2D eigenvalue weighted by Crippen LogP contribution is 2.52. The number of amides is 4. The molecular weight excluding hydrogens is 735 g/mol. The van der Waals surface area contributed by atoms with Crippen molar-refractivity contribution in [2.45, 2.75) is 91.9 Å². The zero-order valence-corrected chi connectivity index (χ0v) is 34.7. The normalized spacial score (nSPS) is 21.8. The van der Waals surface area contributed by atoms with Crippen molar-refractivity contribution in [3.05, 3.63) is 78.0 Å². The zero-order chi connectivity index (χ0) is 41.5. The molecule has 3 fully saturated rings. The van der Waals surface area contributed by atoms with E-state index in [2.05, 4.69) is 53.2 Å². The highest BCUT2D eigenvalue weighted by atomic mass is 16.5. The van der Waals surface area contributed by atoms with Crippen LogP contribution in [0.3, 0.4) is 0 Å². The molecule has 14 heteroatoms. The van der Waals surface area contributed by atoms with Gasteiger partial charge in [-0.3, -0.25) is 19.4 Å². The molecule has 2 saturated heterocycles. The molecule has 0 bridgehead atoms. The van der Waals surface area contributed by atoms with Gasteiger partial charge in [-0.05, 0) is 75.6 Å². The van der Waals surface area contributed by atoms with E-state index in [0.717, 1.165) is 47.6 Å². The number of pyridine rings is 2. The van der Waals surface area contributed by atoms with E-state index in [0.29, 0.717) is 42.4 Å². The number of likely N-dealkylation sites (tertiary alicyclic amines) is 1. The Kier molecular flexibility index (Phi) is 11.3. The van der Waals surface area contributed by atoms with Crippen LogP contribution < -0.4 is 15.5 Å². The van der Waals surface area contributed by atoms with E-state index in [9.17, 15) is 19.2 Å². The minimum absolute atomic E-state index is 0.0715. The van der Waals surface area contributed by atoms with Crippen LogP contribution in [0, 0.1) is 24.2 Å². The molecule has 1 saturated carbocycles. The van der Waals surface area contributed by atoms with Crippen LogP contribution in [0.5, 0.6) is 0 Å². The highest BCUT2D eigenvalue weighted by Gasteiger charge is 2.53. The fraction of sp³-hybridized carbons (Fsp3) is 0.477. The van der Waals surface area contributed by atoms with Crippen LogP contribution in [-0.4, -0.2) is 98.4 Å². The van der Waals surface area contributed by atoms with Crippen LogP contribution in [0.2, 0.25) is 0 Å². The first-order valence-corrected chi connectivity index (χ1v) is 20.3. The number of nitrogens with one attached hydrogen (secondary N) is 3. The smallest absolute Gasteiger partial charge is 0.407 e. The number of aryl methyl sites for hydroxylation is 1. The number of methoxy groups -OCH3 is 1. The number of H-pyrrole nitrogens is 1. The monoisotopic (exact) mass is 789 g/mol. The summed E-state index contributed by atoms with van der Waals surface area (Å²) >= 11 is 0. The summed E-state index contributed by atoms with van der Waals surface area (Å²) in [5.41, 5.74) is 5.18. The van der Waals surface area contributed by atoms with Crippen molar-refractivity contribution in [3.63, 3.8) is 0 Å². The van der Waals surface area contributed by atoms with E-state index in [1.54, 1.807) is 17.2 Å². The van der Waals surface area contributed by atoms with Gasteiger partial charge in [0, 0.05) is 61.2 Å². The molecule has 2 aliphatic heterocycles. The standard InChI is InChI=1S/C44H55N9O5/c1-25(2)38(50-43(57)58-8)42(56)51-19-9-10-36(51)39-46-22-35(48-39)30-13-11-29(12-14-30)34-17-16-33(28(5)47-34)49-40(54)31-15-18-37(45-21-31)52-23-27(4)53(24-26(52)3)41(55)32-20-44(32,6)7/h11-18,21-22,25-27,32,36,38H,9-10,19-20,23-24H2,1-8H3,(H,46,48)(H,49,54)(H,50,57)/t26-,27+,32-,36?,38+/m1/s1. The van der Waals surface area contributed by atoms with Crippen LogP contribution in [-0.2, 0) is 14.3 Å². The summed E-state index contributed by atoms with van der Waals surface area (Å²) < 4.78 is 4.75. The molecular formula is C44H55N9O5. The number of aromatic nitrogens is 4. The number of alkyl carbamates (subject to hydrolysis) is 1. The first-order chi connectivity index (χ1) is 27.6. The van der Waals surface area contributed by atoms with Crippen molar-refractivity contribution < 1.29 is 23.9 Å². The van der Waals surface area contributed by atoms with Crippen molar-refractivity contribution >= 4 is 35.3 Å². The summed E-state index contributed by atoms with van der Waals surface area (Å²) in [5.74, 6) is 1.34. The van der Waals surface area contributed by atoms with Crippen LogP contribution in [0.4, 0.5) is 16.3 Å². The predicted molar refractivity (Wildman–Crippen MR) is 222 cm³/mol. The van der Waals surface area contributed by atoms with Gasteiger partial charge in [-0.25, -0.2) is 14.8 Å². The third-order valence-corrected chi connectivity index (χ3v) is 12.0. The lowest BCUT2D eigenvalue weighted by molar-refractivity contribution is -0.136. The van der Waals surface area contributed by atoms with Crippen LogP contribution >= 0.6 is 0 Å². The molecule has 0 radical (unpaired) electrons. The van der Waals surface area contributed by atoms with Crippen molar-refractivity contribution in [1.29, 1.82) is 0 Å². The van der Waals surface area contributed by atoms with Crippen LogP contribution in [0.15, 0.2) is 60.9 Å². The summed E-state index contributed by atoms with van der Waals surface area (Å²) in [7, 11) is 1.29. The summed E-state index contributed by atoms with van der Waals surface area (Å²) in [6, 6.07) is 14.6. The average molecular weight is 790 g/mol. The molecule has 1 unspecified atom stereocenters. The minimum Gasteiger partial charge on any atom is -0.453 e. The van der Waals surface area contributed by atoms with Crippen molar-refractivity contribution in [2.75, 3.05) is 37.0 Å². The minimum atomic E-state index is -0.696. The third kappa shape index (κ3) is 8.28. The maximum Gasteiger partial charge on any atom is 0.407 e. The van der Waals surface area contributed by atoms with Gasteiger partial charge < -0.3 is 35.1 Å². The van der Waals surface area contributed by atoms with E-state index >= 15 is 0 Å². The molecule has 58 heavy (non-hydrogen) atoms. The number of anilines is 2. The first-order valence-electron chi connectivity index (χ1n) is 20.3. The van der Waals surface area contributed by atoms with Gasteiger partial charge in [0.25, 0.3) is 5.91 Å². The second-order valence-electron chi connectivity index (χ2n) is 17.1. The number of nitrogens with zero attached hydrogens (tertiary/aromatic N) is 6. The number of imidazole rings is 1. The molecule has 1 aromatic carbocycles. The fourth-order valence-corrected chi connectivity index (χ4v) is 8.24. The number of benzene rings is 1. The Balaban J connectivity index is 0.956. The number of aromatic amines is 1. The van der Waals surface area contributed by atoms with Gasteiger partial charge in [-0.2, -0.15) is 0 Å². The Hall–Kier alpha value is -5.79. The van der Waals surface area contributed by atoms with Gasteiger partial charge in [0.2, 0.25) is 11.8 Å². The van der Waals surface area contributed by atoms with Gasteiger partial charge in [-0.1, -0.05) is 52.0 Å². The first kappa shape index (κ1) is 40.4. The molecule has 1 aliphatic carbocycles. The maximum absolute atomic E-state index is 13.5. The molecule has 14 nitrogen and oxygen atoms in total. The van der Waals surface area contributed by atoms with Gasteiger partial charge >= 0.3 is 6.09 Å². The molecule has 4 amide bonds. The summed E-state index contributed by atoms with van der Waals surface area (Å²) in [6.45, 7) is 16.1. The Morgan fingerprint density at radius 2 is 1.62 bits per heavy atom. The van der Waals surface area contributed by atoms with Gasteiger partial charge in [0.05, 0.1) is 41.5 Å². The number of rotatable bonds is 10. The van der Waals surface area contributed by atoms with E-state index in [1.807, 2.05) is 74.3 Å². The fourth-order valence-electron chi connectivity index (χ4n) is 8.24. The number of ether oxygens (including phenoxy) is 1. The lowest BCUT2D eigenvalue weighted by Gasteiger charge is -2.45. The Labute approximate surface area is 340 Å². The van der Waals surface area contributed by atoms with Gasteiger partial charge in [0.15, 0.2) is 0 Å². The molecule has 3 aliphatic rings. The van der Waals surface area contributed by atoms with E-state index in [1.165, 1.54) is 7.11 Å². The number of carbonyl (C=O) groups excluding carboxylic acids is 4. The van der Waals surface area contributed by atoms with E-state index in [4.69, 9.17) is 14.7 Å². The van der Waals surface area contributed by atoms with E-state index in [-0.39, 0.29) is 53.1 Å². The Morgan fingerprint density at radius 3 is 2.24 bits per heavy atom.